The fourth-order valence-electron chi connectivity index (χ4n) is 2.11. The predicted octanol–water partition coefficient (Wildman–Crippen LogP) is 3.01. The Labute approximate surface area is 129 Å². The zero-order chi connectivity index (χ0) is 13.8. The maximum absolute atomic E-state index is 6.05. The van der Waals surface area contributed by atoms with Crippen LogP contribution in [0, 0.1) is 0 Å². The van der Waals surface area contributed by atoms with Crippen molar-refractivity contribution in [3.63, 3.8) is 0 Å². The molecule has 0 aromatic heterocycles. The van der Waals surface area contributed by atoms with E-state index in [1.807, 2.05) is 18.2 Å². The Morgan fingerprint density at radius 1 is 1.21 bits per heavy atom. The summed E-state index contributed by atoms with van der Waals surface area (Å²) in [5, 5.41) is 5.23. The van der Waals surface area contributed by atoms with Crippen molar-refractivity contribution in [3.05, 3.63) is 28.2 Å². The van der Waals surface area contributed by atoms with E-state index in [-0.39, 0.29) is 0 Å². The number of anilines is 1. The van der Waals surface area contributed by atoms with Crippen LogP contribution in [0.25, 0.3) is 0 Å². The highest BCUT2D eigenvalue weighted by atomic mass is 35.5. The minimum atomic E-state index is 0.595. The van der Waals surface area contributed by atoms with Gasteiger partial charge in [-0.05, 0) is 37.3 Å². The van der Waals surface area contributed by atoms with Gasteiger partial charge in [0.2, 0.25) is 0 Å². The third-order valence-corrected chi connectivity index (χ3v) is 4.30. The normalized spacial score (nSPS) is 15.5. The number of halogens is 2. The Hall–Kier alpha value is -0.710. The Bertz CT molecular complexity index is 459. The second-order valence-electron chi connectivity index (χ2n) is 4.41. The van der Waals surface area contributed by atoms with Crippen LogP contribution < -0.4 is 10.2 Å². The molecule has 0 saturated carbocycles. The van der Waals surface area contributed by atoms with Gasteiger partial charge in [0.25, 0.3) is 0 Å². The zero-order valence-electron chi connectivity index (χ0n) is 10.8. The van der Waals surface area contributed by atoms with Crippen molar-refractivity contribution in [2.24, 2.45) is 0 Å². The largest absolute Gasteiger partial charge is 0.368 e. The first-order chi connectivity index (χ1) is 9.11. The van der Waals surface area contributed by atoms with Gasteiger partial charge in [-0.25, -0.2) is 0 Å². The molecular weight excluding hydrogens is 301 g/mol. The monoisotopic (exact) mass is 317 g/mol. The van der Waals surface area contributed by atoms with Gasteiger partial charge in [0.05, 0.1) is 10.0 Å². The fraction of sp³-hybridized carbons (Fsp3) is 0.462. The molecule has 1 heterocycles. The molecule has 0 unspecified atom stereocenters. The number of piperazine rings is 1. The second-order valence-corrected chi connectivity index (χ2v) is 5.61. The van der Waals surface area contributed by atoms with E-state index in [1.165, 1.54) is 0 Å². The van der Waals surface area contributed by atoms with Gasteiger partial charge in [0.15, 0.2) is 5.11 Å². The van der Waals surface area contributed by atoms with E-state index in [0.717, 1.165) is 43.5 Å². The van der Waals surface area contributed by atoms with E-state index >= 15 is 0 Å². The summed E-state index contributed by atoms with van der Waals surface area (Å²) in [6.45, 7) is 6.63. The summed E-state index contributed by atoms with van der Waals surface area (Å²) in [6.07, 6.45) is 0. The summed E-state index contributed by atoms with van der Waals surface area (Å²) in [5.41, 5.74) is 1.11. The molecule has 1 aliphatic rings. The molecule has 1 fully saturated rings. The van der Waals surface area contributed by atoms with E-state index in [0.29, 0.717) is 10.0 Å². The van der Waals surface area contributed by atoms with E-state index in [9.17, 15) is 0 Å². The van der Waals surface area contributed by atoms with Crippen molar-refractivity contribution in [1.82, 2.24) is 10.2 Å². The summed E-state index contributed by atoms with van der Waals surface area (Å²) < 4.78 is 0. The molecule has 0 bridgehead atoms. The highest BCUT2D eigenvalue weighted by Gasteiger charge is 2.19. The Balaban J connectivity index is 1.96. The second kappa shape index (κ2) is 6.64. The average molecular weight is 318 g/mol. The van der Waals surface area contributed by atoms with Gasteiger partial charge >= 0.3 is 0 Å². The van der Waals surface area contributed by atoms with Crippen LogP contribution in [0.15, 0.2) is 18.2 Å². The molecule has 19 heavy (non-hydrogen) atoms. The van der Waals surface area contributed by atoms with E-state index in [2.05, 4.69) is 22.0 Å². The average Bonchev–Trinajstić information content (AvgIpc) is 2.42. The van der Waals surface area contributed by atoms with Gasteiger partial charge in [-0.2, -0.15) is 0 Å². The molecule has 6 heteroatoms. The summed E-state index contributed by atoms with van der Waals surface area (Å²) in [5.74, 6) is 0. The standard InChI is InChI=1S/C13H17Cl2N3S/c1-2-16-13(19)18-7-5-17(6-8-18)10-3-4-11(14)12(15)9-10/h3-4,9H,2,5-8H2,1H3,(H,16,19). The maximum atomic E-state index is 6.05. The minimum Gasteiger partial charge on any atom is -0.368 e. The number of nitrogens with zero attached hydrogens (tertiary/aromatic N) is 2. The van der Waals surface area contributed by atoms with Crippen LogP contribution in [0.1, 0.15) is 6.92 Å². The van der Waals surface area contributed by atoms with Crippen LogP contribution in [-0.2, 0) is 0 Å². The molecule has 1 aromatic rings. The summed E-state index contributed by atoms with van der Waals surface area (Å²) in [4.78, 5) is 4.50. The van der Waals surface area contributed by atoms with Gasteiger partial charge in [0.1, 0.15) is 0 Å². The quantitative estimate of drug-likeness (QED) is 0.845. The number of nitrogens with one attached hydrogen (secondary N) is 1. The smallest absolute Gasteiger partial charge is 0.169 e. The maximum Gasteiger partial charge on any atom is 0.169 e. The Morgan fingerprint density at radius 3 is 2.47 bits per heavy atom. The number of benzene rings is 1. The van der Waals surface area contributed by atoms with Crippen molar-refractivity contribution in [1.29, 1.82) is 0 Å². The van der Waals surface area contributed by atoms with E-state index < -0.39 is 0 Å². The van der Waals surface area contributed by atoms with E-state index in [4.69, 9.17) is 35.4 Å². The van der Waals surface area contributed by atoms with E-state index in [1.54, 1.807) is 0 Å². The van der Waals surface area contributed by atoms with Crippen LogP contribution in [0.3, 0.4) is 0 Å². The lowest BCUT2D eigenvalue weighted by molar-refractivity contribution is 0.381. The minimum absolute atomic E-state index is 0.595. The molecule has 1 N–H and O–H groups in total. The molecule has 1 aromatic carbocycles. The molecule has 0 amide bonds. The summed E-state index contributed by atoms with van der Waals surface area (Å²) in [6, 6.07) is 5.77. The van der Waals surface area contributed by atoms with Gasteiger partial charge in [-0.3, -0.25) is 0 Å². The molecule has 104 valence electrons. The predicted molar refractivity (Wildman–Crippen MR) is 86.5 cm³/mol. The fourth-order valence-corrected chi connectivity index (χ4v) is 2.73. The zero-order valence-corrected chi connectivity index (χ0v) is 13.2. The third-order valence-electron chi connectivity index (χ3n) is 3.16. The topological polar surface area (TPSA) is 18.5 Å². The Kier molecular flexibility index (Phi) is 5.13. The van der Waals surface area contributed by atoms with Gasteiger partial charge < -0.3 is 15.1 Å². The van der Waals surface area contributed by atoms with Crippen LogP contribution in [0.2, 0.25) is 10.0 Å². The molecule has 3 nitrogen and oxygen atoms in total. The van der Waals surface area contributed by atoms with Crippen molar-refractivity contribution in [2.75, 3.05) is 37.6 Å². The number of rotatable bonds is 2. The molecule has 2 rings (SSSR count). The van der Waals surface area contributed by atoms with Crippen LogP contribution >= 0.6 is 35.4 Å². The van der Waals surface area contributed by atoms with Gasteiger partial charge in [-0.1, -0.05) is 23.2 Å². The van der Waals surface area contributed by atoms with Crippen LogP contribution in [-0.4, -0.2) is 42.7 Å². The lowest BCUT2D eigenvalue weighted by Gasteiger charge is -2.37. The van der Waals surface area contributed by atoms with Crippen LogP contribution in [0.5, 0.6) is 0 Å². The molecule has 0 aliphatic carbocycles. The molecule has 1 saturated heterocycles. The summed E-state index contributed by atoms with van der Waals surface area (Å²) in [7, 11) is 0. The van der Waals surface area contributed by atoms with Crippen LogP contribution in [0.4, 0.5) is 5.69 Å². The first-order valence-corrected chi connectivity index (χ1v) is 7.51. The lowest BCUT2D eigenvalue weighted by atomic mass is 10.2. The number of hydrogen-bond donors (Lipinski definition) is 1. The van der Waals surface area contributed by atoms with Crippen molar-refractivity contribution in [3.8, 4) is 0 Å². The SMILES string of the molecule is CCNC(=S)N1CCN(c2ccc(Cl)c(Cl)c2)CC1. The highest BCUT2D eigenvalue weighted by molar-refractivity contribution is 7.80. The van der Waals surface area contributed by atoms with Crippen molar-refractivity contribution >= 4 is 46.2 Å². The molecule has 0 atom stereocenters. The van der Waals surface area contributed by atoms with Gasteiger partial charge in [-0.15, -0.1) is 0 Å². The van der Waals surface area contributed by atoms with Crippen molar-refractivity contribution in [2.45, 2.75) is 6.92 Å². The Morgan fingerprint density at radius 2 is 1.89 bits per heavy atom. The van der Waals surface area contributed by atoms with Gasteiger partial charge in [0, 0.05) is 38.4 Å². The first kappa shape index (κ1) is 14.7. The van der Waals surface area contributed by atoms with Crippen molar-refractivity contribution < 1.29 is 0 Å². The first-order valence-electron chi connectivity index (χ1n) is 6.34. The number of thiocarbonyl (C=S) groups is 1. The molecular formula is C13H17Cl2N3S. The highest BCUT2D eigenvalue weighted by Crippen LogP contribution is 2.27. The number of hydrogen-bond acceptors (Lipinski definition) is 2. The third kappa shape index (κ3) is 3.65. The molecule has 1 aliphatic heterocycles. The lowest BCUT2D eigenvalue weighted by Crippen LogP contribution is -2.51. The molecule has 0 spiro atoms. The summed E-state index contributed by atoms with van der Waals surface area (Å²) >= 11 is 17.3. The molecule has 0 radical (unpaired) electrons.